The Morgan fingerprint density at radius 3 is 2.67 bits per heavy atom. The molecule has 0 amide bonds. The van der Waals surface area contributed by atoms with Crippen LogP contribution in [0.1, 0.15) is 16.7 Å². The van der Waals surface area contributed by atoms with Crippen LogP contribution in [0.3, 0.4) is 0 Å². The number of fused-ring (bicyclic) bond motifs is 1. The molecule has 0 aliphatic heterocycles. The molecule has 18 heavy (non-hydrogen) atoms. The van der Waals surface area contributed by atoms with Gasteiger partial charge < -0.3 is 10.2 Å². The zero-order chi connectivity index (χ0) is 12.7. The van der Waals surface area contributed by atoms with Crippen molar-refractivity contribution in [2.75, 3.05) is 0 Å². The van der Waals surface area contributed by atoms with Gasteiger partial charge in [0.1, 0.15) is 11.3 Å². The molecule has 1 aromatic carbocycles. The lowest BCUT2D eigenvalue weighted by atomic mass is 10.2. The molecule has 2 aromatic heterocycles. The summed E-state index contributed by atoms with van der Waals surface area (Å²) in [6.07, 6.45) is 0. The first-order valence-corrected chi connectivity index (χ1v) is 6.91. The molecule has 0 spiro atoms. The molecule has 3 aromatic rings. The standard InChI is InChI=1S/C13H9Cl2NOS/c14-8-2-1-3-9-7(8)6-10(17-9)13(16)11-4-5-12(15)18-11/h1-6,13H,16H2. The third-order valence-corrected chi connectivity index (χ3v) is 4.38. The summed E-state index contributed by atoms with van der Waals surface area (Å²) >= 11 is 13.5. The topological polar surface area (TPSA) is 39.2 Å². The zero-order valence-corrected chi connectivity index (χ0v) is 11.5. The summed E-state index contributed by atoms with van der Waals surface area (Å²) in [6.45, 7) is 0. The first-order chi connectivity index (χ1) is 8.65. The third kappa shape index (κ3) is 2.04. The van der Waals surface area contributed by atoms with Gasteiger partial charge in [0, 0.05) is 10.3 Å². The van der Waals surface area contributed by atoms with Crippen molar-refractivity contribution in [1.82, 2.24) is 0 Å². The van der Waals surface area contributed by atoms with E-state index in [0.29, 0.717) is 10.8 Å². The van der Waals surface area contributed by atoms with E-state index in [1.807, 2.05) is 36.4 Å². The molecule has 0 aliphatic carbocycles. The van der Waals surface area contributed by atoms with Gasteiger partial charge in [-0.15, -0.1) is 11.3 Å². The van der Waals surface area contributed by atoms with Gasteiger partial charge in [-0.2, -0.15) is 0 Å². The number of nitrogens with two attached hydrogens (primary N) is 1. The molecule has 3 rings (SSSR count). The van der Waals surface area contributed by atoms with E-state index >= 15 is 0 Å². The van der Waals surface area contributed by atoms with Gasteiger partial charge in [-0.05, 0) is 30.3 Å². The monoisotopic (exact) mass is 297 g/mol. The van der Waals surface area contributed by atoms with Crippen LogP contribution in [-0.2, 0) is 0 Å². The van der Waals surface area contributed by atoms with Crippen molar-refractivity contribution < 1.29 is 4.42 Å². The Labute approximate surface area is 118 Å². The van der Waals surface area contributed by atoms with E-state index in [2.05, 4.69) is 0 Å². The average Bonchev–Trinajstić information content (AvgIpc) is 2.95. The summed E-state index contributed by atoms with van der Waals surface area (Å²) in [5.41, 5.74) is 6.90. The summed E-state index contributed by atoms with van der Waals surface area (Å²) in [5, 5.41) is 1.55. The maximum atomic E-state index is 6.16. The summed E-state index contributed by atoms with van der Waals surface area (Å²) in [7, 11) is 0. The summed E-state index contributed by atoms with van der Waals surface area (Å²) in [6, 6.07) is 10.9. The SMILES string of the molecule is NC(c1cc2c(Cl)cccc2o1)c1ccc(Cl)s1. The third-order valence-electron chi connectivity index (χ3n) is 2.73. The summed E-state index contributed by atoms with van der Waals surface area (Å²) in [5.74, 6) is 0.691. The number of hydrogen-bond acceptors (Lipinski definition) is 3. The number of halogens is 2. The Balaban J connectivity index is 2.06. The van der Waals surface area contributed by atoms with Crippen molar-refractivity contribution in [1.29, 1.82) is 0 Å². The van der Waals surface area contributed by atoms with Crippen LogP contribution in [0.2, 0.25) is 9.36 Å². The second-order valence-electron chi connectivity index (χ2n) is 3.92. The van der Waals surface area contributed by atoms with Crippen LogP contribution >= 0.6 is 34.5 Å². The Morgan fingerprint density at radius 1 is 1.17 bits per heavy atom. The lowest BCUT2D eigenvalue weighted by Crippen LogP contribution is -2.08. The van der Waals surface area contributed by atoms with Crippen molar-refractivity contribution in [3.8, 4) is 0 Å². The van der Waals surface area contributed by atoms with Crippen molar-refractivity contribution >= 4 is 45.5 Å². The highest BCUT2D eigenvalue weighted by atomic mass is 35.5. The Hall–Kier alpha value is -1.000. The van der Waals surface area contributed by atoms with E-state index < -0.39 is 0 Å². The van der Waals surface area contributed by atoms with Crippen molar-refractivity contribution in [2.24, 2.45) is 5.73 Å². The fraction of sp³-hybridized carbons (Fsp3) is 0.0769. The van der Waals surface area contributed by atoms with Gasteiger partial charge in [-0.25, -0.2) is 0 Å². The molecule has 0 bridgehead atoms. The second kappa shape index (κ2) is 4.59. The van der Waals surface area contributed by atoms with Crippen LogP contribution in [0.5, 0.6) is 0 Å². The average molecular weight is 298 g/mol. The lowest BCUT2D eigenvalue weighted by Gasteiger charge is -2.04. The van der Waals surface area contributed by atoms with Gasteiger partial charge in [0.15, 0.2) is 0 Å². The molecule has 1 unspecified atom stereocenters. The molecular formula is C13H9Cl2NOS. The van der Waals surface area contributed by atoms with Crippen LogP contribution in [-0.4, -0.2) is 0 Å². The predicted molar refractivity (Wildman–Crippen MR) is 76.6 cm³/mol. The fourth-order valence-electron chi connectivity index (χ4n) is 1.83. The first-order valence-electron chi connectivity index (χ1n) is 5.34. The normalized spacial score (nSPS) is 13.1. The van der Waals surface area contributed by atoms with Gasteiger partial charge in [0.25, 0.3) is 0 Å². The fourth-order valence-corrected chi connectivity index (χ4v) is 3.13. The van der Waals surface area contributed by atoms with E-state index in [1.54, 1.807) is 0 Å². The van der Waals surface area contributed by atoms with Crippen LogP contribution in [0.15, 0.2) is 40.8 Å². The smallest absolute Gasteiger partial charge is 0.135 e. The highest BCUT2D eigenvalue weighted by Gasteiger charge is 2.16. The molecule has 2 nitrogen and oxygen atoms in total. The largest absolute Gasteiger partial charge is 0.459 e. The summed E-state index contributed by atoms with van der Waals surface area (Å²) < 4.78 is 6.45. The number of benzene rings is 1. The molecule has 0 radical (unpaired) electrons. The van der Waals surface area contributed by atoms with Crippen molar-refractivity contribution in [3.63, 3.8) is 0 Å². The Morgan fingerprint density at radius 2 is 2.00 bits per heavy atom. The Kier molecular flexibility index (Phi) is 3.08. The minimum absolute atomic E-state index is 0.314. The van der Waals surface area contributed by atoms with E-state index in [9.17, 15) is 0 Å². The van der Waals surface area contributed by atoms with E-state index in [0.717, 1.165) is 20.2 Å². The van der Waals surface area contributed by atoms with Gasteiger partial charge in [0.05, 0.1) is 15.4 Å². The van der Waals surface area contributed by atoms with Crippen molar-refractivity contribution in [2.45, 2.75) is 6.04 Å². The molecular weight excluding hydrogens is 289 g/mol. The maximum Gasteiger partial charge on any atom is 0.135 e. The Bertz CT molecular complexity index is 704. The maximum absolute atomic E-state index is 6.16. The van der Waals surface area contributed by atoms with E-state index in [4.69, 9.17) is 33.4 Å². The first kappa shape index (κ1) is 12.1. The van der Waals surface area contributed by atoms with Crippen LogP contribution in [0.4, 0.5) is 0 Å². The molecule has 2 N–H and O–H groups in total. The quantitative estimate of drug-likeness (QED) is 0.734. The molecule has 1 atom stereocenters. The van der Waals surface area contributed by atoms with E-state index in [-0.39, 0.29) is 6.04 Å². The molecule has 0 aliphatic rings. The van der Waals surface area contributed by atoms with Crippen LogP contribution in [0, 0.1) is 0 Å². The molecule has 92 valence electrons. The minimum Gasteiger partial charge on any atom is -0.459 e. The molecule has 0 fully saturated rings. The van der Waals surface area contributed by atoms with E-state index in [1.165, 1.54) is 11.3 Å². The molecule has 0 saturated carbocycles. The second-order valence-corrected chi connectivity index (χ2v) is 6.07. The molecule has 2 heterocycles. The zero-order valence-electron chi connectivity index (χ0n) is 9.19. The molecule has 5 heteroatoms. The van der Waals surface area contributed by atoms with Gasteiger partial charge in [0.2, 0.25) is 0 Å². The minimum atomic E-state index is -0.314. The number of thiophene rings is 1. The number of furan rings is 1. The van der Waals surface area contributed by atoms with Crippen LogP contribution < -0.4 is 5.73 Å². The number of rotatable bonds is 2. The van der Waals surface area contributed by atoms with Gasteiger partial charge in [-0.1, -0.05) is 29.3 Å². The molecule has 0 saturated heterocycles. The predicted octanol–water partition coefficient (Wildman–Crippen LogP) is 4.85. The van der Waals surface area contributed by atoms with Crippen LogP contribution in [0.25, 0.3) is 11.0 Å². The highest BCUT2D eigenvalue weighted by molar-refractivity contribution is 7.16. The highest BCUT2D eigenvalue weighted by Crippen LogP contribution is 2.34. The lowest BCUT2D eigenvalue weighted by molar-refractivity contribution is 0.528. The van der Waals surface area contributed by atoms with Crippen molar-refractivity contribution in [3.05, 3.63) is 56.4 Å². The van der Waals surface area contributed by atoms with Gasteiger partial charge in [-0.3, -0.25) is 0 Å². The summed E-state index contributed by atoms with van der Waals surface area (Å²) in [4.78, 5) is 0.968. The van der Waals surface area contributed by atoms with Gasteiger partial charge >= 0.3 is 0 Å². The number of hydrogen-bond donors (Lipinski definition) is 1.